The van der Waals surface area contributed by atoms with E-state index in [0.717, 1.165) is 0 Å². The number of halogens is 1. The van der Waals surface area contributed by atoms with Gasteiger partial charge in [-0.25, -0.2) is 9.97 Å². The van der Waals surface area contributed by atoms with Crippen molar-refractivity contribution in [1.82, 2.24) is 19.5 Å². The summed E-state index contributed by atoms with van der Waals surface area (Å²) in [7, 11) is 1.77. The lowest BCUT2D eigenvalue weighted by Crippen LogP contribution is -2.00. The first-order valence-electron chi connectivity index (χ1n) is 6.00. The van der Waals surface area contributed by atoms with Gasteiger partial charge in [0.1, 0.15) is 18.0 Å². The molecule has 0 bridgehead atoms. The molecule has 0 atom stereocenters. The number of rotatable bonds is 2. The van der Waals surface area contributed by atoms with Gasteiger partial charge in [0.25, 0.3) is 0 Å². The largest absolute Gasteiger partial charge is 0.373 e. The highest BCUT2D eigenvalue weighted by Gasteiger charge is 2.02. The summed E-state index contributed by atoms with van der Waals surface area (Å²) in [6.07, 6.45) is 5.12. The van der Waals surface area contributed by atoms with Crippen LogP contribution in [-0.2, 0) is 0 Å². The molecule has 18 heavy (non-hydrogen) atoms. The maximum absolute atomic E-state index is 5.75. The van der Waals surface area contributed by atoms with Crippen LogP contribution in [0, 0.1) is 0 Å². The standard InChI is InChI=1S/C8H8ClN5.2C2H6/c1-10-6-4-7(13-8(9)12-6)14-3-2-11-5-14;2*1-2/h2-5H,1H3,(H,10,12,13);2*1-2H3. The predicted molar refractivity (Wildman–Crippen MR) is 76.4 cm³/mol. The fourth-order valence-corrected chi connectivity index (χ4v) is 1.24. The summed E-state index contributed by atoms with van der Waals surface area (Å²) in [4.78, 5) is 12.0. The minimum atomic E-state index is 0.209. The second kappa shape index (κ2) is 9.41. The van der Waals surface area contributed by atoms with E-state index in [4.69, 9.17) is 11.6 Å². The van der Waals surface area contributed by atoms with Gasteiger partial charge in [-0.05, 0) is 11.6 Å². The van der Waals surface area contributed by atoms with Gasteiger partial charge < -0.3 is 5.32 Å². The number of nitrogens with one attached hydrogen (secondary N) is 1. The number of imidazole rings is 1. The Bertz CT molecular complexity index is 428. The van der Waals surface area contributed by atoms with Gasteiger partial charge >= 0.3 is 0 Å². The Labute approximate surface area is 113 Å². The minimum Gasteiger partial charge on any atom is -0.373 e. The van der Waals surface area contributed by atoms with Gasteiger partial charge in [0.15, 0.2) is 0 Å². The Morgan fingerprint density at radius 2 is 1.83 bits per heavy atom. The quantitative estimate of drug-likeness (QED) is 0.849. The van der Waals surface area contributed by atoms with E-state index in [0.29, 0.717) is 11.6 Å². The summed E-state index contributed by atoms with van der Waals surface area (Å²) >= 11 is 5.75. The lowest BCUT2D eigenvalue weighted by molar-refractivity contribution is 0.972. The van der Waals surface area contributed by atoms with E-state index in [9.17, 15) is 0 Å². The third-order valence-electron chi connectivity index (χ3n) is 1.71. The predicted octanol–water partition coefficient (Wildman–Crippen LogP) is 3.41. The molecule has 2 aromatic heterocycles. The Morgan fingerprint density at radius 1 is 1.17 bits per heavy atom. The van der Waals surface area contributed by atoms with Crippen molar-refractivity contribution in [3.8, 4) is 5.82 Å². The van der Waals surface area contributed by atoms with Gasteiger partial charge in [0.05, 0.1) is 0 Å². The van der Waals surface area contributed by atoms with Gasteiger partial charge in [-0.15, -0.1) is 0 Å². The van der Waals surface area contributed by atoms with E-state index in [1.165, 1.54) is 0 Å². The van der Waals surface area contributed by atoms with Crippen LogP contribution in [0.3, 0.4) is 0 Å². The van der Waals surface area contributed by atoms with E-state index in [1.807, 2.05) is 27.7 Å². The zero-order chi connectivity index (χ0) is 14.0. The molecule has 0 radical (unpaired) electrons. The topological polar surface area (TPSA) is 55.6 Å². The maximum Gasteiger partial charge on any atom is 0.226 e. The molecule has 1 N–H and O–H groups in total. The lowest BCUT2D eigenvalue weighted by Gasteiger charge is -2.04. The first kappa shape index (κ1) is 16.4. The molecule has 0 aliphatic carbocycles. The van der Waals surface area contributed by atoms with E-state index in [2.05, 4.69) is 20.3 Å². The molecule has 0 unspecified atom stereocenters. The zero-order valence-electron chi connectivity index (χ0n) is 11.5. The Balaban J connectivity index is 0.000000659. The summed E-state index contributed by atoms with van der Waals surface area (Å²) < 4.78 is 1.76. The maximum atomic E-state index is 5.75. The van der Waals surface area contributed by atoms with Gasteiger partial charge in [-0.1, -0.05) is 27.7 Å². The molecule has 0 saturated heterocycles. The van der Waals surface area contributed by atoms with E-state index < -0.39 is 0 Å². The van der Waals surface area contributed by atoms with Crippen LogP contribution in [0.5, 0.6) is 0 Å². The summed E-state index contributed by atoms with van der Waals surface area (Å²) in [5, 5.41) is 3.11. The van der Waals surface area contributed by atoms with Crippen LogP contribution in [-0.4, -0.2) is 26.6 Å². The molecule has 0 amide bonds. The molecule has 5 nitrogen and oxygen atoms in total. The molecule has 0 spiro atoms. The Morgan fingerprint density at radius 3 is 2.33 bits per heavy atom. The molecule has 6 heteroatoms. The molecule has 2 rings (SSSR count). The second-order valence-electron chi connectivity index (χ2n) is 2.60. The van der Waals surface area contributed by atoms with Crippen LogP contribution in [0.15, 0.2) is 24.8 Å². The summed E-state index contributed by atoms with van der Waals surface area (Å²) in [6, 6.07) is 1.79. The number of anilines is 1. The molecule has 0 aliphatic rings. The summed E-state index contributed by atoms with van der Waals surface area (Å²) in [6.45, 7) is 8.00. The highest BCUT2D eigenvalue weighted by atomic mass is 35.5. The van der Waals surface area contributed by atoms with Gasteiger partial charge in [0.2, 0.25) is 5.28 Å². The fourth-order valence-electron chi connectivity index (χ4n) is 1.06. The van der Waals surface area contributed by atoms with E-state index in [-0.39, 0.29) is 5.28 Å². The third-order valence-corrected chi connectivity index (χ3v) is 1.88. The van der Waals surface area contributed by atoms with Crippen LogP contribution in [0.1, 0.15) is 27.7 Å². The molecule has 2 aromatic rings. The Kier molecular flexibility index (Phi) is 8.57. The summed E-state index contributed by atoms with van der Waals surface area (Å²) in [5.41, 5.74) is 0. The first-order valence-corrected chi connectivity index (χ1v) is 6.38. The van der Waals surface area contributed by atoms with Crippen LogP contribution in [0.4, 0.5) is 5.82 Å². The van der Waals surface area contributed by atoms with Crippen molar-refractivity contribution in [2.45, 2.75) is 27.7 Å². The number of hydrogen-bond acceptors (Lipinski definition) is 4. The average Bonchev–Trinajstić information content (AvgIpc) is 2.96. The van der Waals surface area contributed by atoms with Crippen molar-refractivity contribution in [3.63, 3.8) is 0 Å². The zero-order valence-corrected chi connectivity index (χ0v) is 12.2. The van der Waals surface area contributed by atoms with Crippen molar-refractivity contribution in [3.05, 3.63) is 30.1 Å². The minimum absolute atomic E-state index is 0.209. The van der Waals surface area contributed by atoms with Crippen molar-refractivity contribution in [2.75, 3.05) is 12.4 Å². The normalized spacial score (nSPS) is 8.56. The molecule has 100 valence electrons. The molecular formula is C12H20ClN5. The van der Waals surface area contributed by atoms with Crippen molar-refractivity contribution < 1.29 is 0 Å². The second-order valence-corrected chi connectivity index (χ2v) is 2.94. The molecule has 0 aliphatic heterocycles. The van der Waals surface area contributed by atoms with E-state index in [1.54, 1.807) is 36.4 Å². The highest BCUT2D eigenvalue weighted by molar-refractivity contribution is 6.28. The average molecular weight is 270 g/mol. The first-order chi connectivity index (χ1) is 8.79. The van der Waals surface area contributed by atoms with Crippen LogP contribution in [0.2, 0.25) is 5.28 Å². The molecule has 0 aromatic carbocycles. The number of aromatic nitrogens is 4. The van der Waals surface area contributed by atoms with Crippen molar-refractivity contribution >= 4 is 17.4 Å². The summed E-state index contributed by atoms with van der Waals surface area (Å²) in [5.74, 6) is 1.36. The van der Waals surface area contributed by atoms with Gasteiger partial charge in [-0.2, -0.15) is 4.98 Å². The number of nitrogens with zero attached hydrogens (tertiary/aromatic N) is 4. The van der Waals surface area contributed by atoms with Gasteiger partial charge in [-0.3, -0.25) is 4.57 Å². The van der Waals surface area contributed by atoms with Crippen LogP contribution < -0.4 is 5.32 Å². The third kappa shape index (κ3) is 4.71. The van der Waals surface area contributed by atoms with Crippen molar-refractivity contribution in [1.29, 1.82) is 0 Å². The monoisotopic (exact) mass is 269 g/mol. The molecule has 0 saturated carbocycles. The Hall–Kier alpha value is -1.62. The SMILES string of the molecule is CC.CC.CNc1cc(-n2ccnc2)nc(Cl)n1. The molecule has 2 heterocycles. The smallest absolute Gasteiger partial charge is 0.226 e. The molecular weight excluding hydrogens is 250 g/mol. The lowest BCUT2D eigenvalue weighted by atomic mass is 10.5. The van der Waals surface area contributed by atoms with Crippen molar-refractivity contribution in [2.24, 2.45) is 0 Å². The highest BCUT2D eigenvalue weighted by Crippen LogP contribution is 2.12. The van der Waals surface area contributed by atoms with Crippen LogP contribution in [0.25, 0.3) is 5.82 Å². The fraction of sp³-hybridized carbons (Fsp3) is 0.417. The number of hydrogen-bond donors (Lipinski definition) is 1. The van der Waals surface area contributed by atoms with Crippen LogP contribution >= 0.6 is 11.6 Å². The van der Waals surface area contributed by atoms with E-state index >= 15 is 0 Å². The van der Waals surface area contributed by atoms with Gasteiger partial charge in [0, 0.05) is 25.5 Å². The molecule has 0 fully saturated rings.